The van der Waals surface area contributed by atoms with Crippen molar-refractivity contribution in [2.75, 3.05) is 5.32 Å². The van der Waals surface area contributed by atoms with Gasteiger partial charge in [-0.15, -0.1) is 5.10 Å². The number of carbonyl (C=O) groups is 1. The van der Waals surface area contributed by atoms with E-state index < -0.39 is 5.97 Å². The summed E-state index contributed by atoms with van der Waals surface area (Å²) in [5.74, 6) is -0.125. The fourth-order valence-corrected chi connectivity index (χ4v) is 2.21. The minimum absolute atomic E-state index is 0.116. The zero-order valence-electron chi connectivity index (χ0n) is 9.43. The van der Waals surface area contributed by atoms with Crippen molar-refractivity contribution in [2.24, 2.45) is 0 Å². The van der Waals surface area contributed by atoms with E-state index in [2.05, 4.69) is 31.3 Å². The maximum atomic E-state index is 10.7. The predicted molar refractivity (Wildman–Crippen MR) is 68.7 cm³/mol. The molecule has 0 atom stereocenters. The van der Waals surface area contributed by atoms with Crippen LogP contribution in [0.3, 0.4) is 0 Å². The molecule has 2 N–H and O–H groups in total. The van der Waals surface area contributed by atoms with E-state index in [0.29, 0.717) is 22.0 Å². The minimum Gasteiger partial charge on any atom is -0.481 e. The van der Waals surface area contributed by atoms with Crippen LogP contribution in [0.4, 0.5) is 5.82 Å². The van der Waals surface area contributed by atoms with Gasteiger partial charge in [-0.05, 0) is 40.9 Å². The lowest BCUT2D eigenvalue weighted by atomic mass is 10.3. The number of imidazole rings is 1. The normalized spacial score (nSPS) is 14.9. The third-order valence-electron chi connectivity index (χ3n) is 2.74. The molecule has 18 heavy (non-hydrogen) atoms. The first-order valence-corrected chi connectivity index (χ1v) is 6.45. The van der Waals surface area contributed by atoms with E-state index in [9.17, 15) is 4.79 Å². The first kappa shape index (κ1) is 11.5. The number of fused-ring (bicyclic) bond motifs is 1. The second-order valence-electron chi connectivity index (χ2n) is 4.33. The van der Waals surface area contributed by atoms with Crippen LogP contribution in [0.1, 0.15) is 18.5 Å². The van der Waals surface area contributed by atoms with Crippen molar-refractivity contribution in [1.82, 2.24) is 14.6 Å². The fraction of sp³-hybridized carbons (Fsp3) is 0.364. The maximum absolute atomic E-state index is 10.7. The van der Waals surface area contributed by atoms with Gasteiger partial charge in [-0.25, -0.2) is 9.50 Å². The Morgan fingerprint density at radius 2 is 2.33 bits per heavy atom. The molecule has 7 heteroatoms. The van der Waals surface area contributed by atoms with Crippen molar-refractivity contribution in [1.29, 1.82) is 0 Å². The maximum Gasteiger partial charge on any atom is 0.309 e. The molecule has 0 radical (unpaired) electrons. The Kier molecular flexibility index (Phi) is 2.70. The summed E-state index contributed by atoms with van der Waals surface area (Å²) in [5.41, 5.74) is 1.12. The average molecular weight is 311 g/mol. The number of carboxylic acid groups (broad SMARTS) is 1. The molecule has 0 saturated heterocycles. The number of hydrogen-bond donors (Lipinski definition) is 2. The summed E-state index contributed by atoms with van der Waals surface area (Å²) in [6.45, 7) is 0. The zero-order valence-corrected chi connectivity index (χ0v) is 11.0. The van der Waals surface area contributed by atoms with Crippen LogP contribution in [-0.4, -0.2) is 31.7 Å². The van der Waals surface area contributed by atoms with Gasteiger partial charge in [0.05, 0.1) is 12.1 Å². The Hall–Kier alpha value is -1.63. The number of carboxylic acids is 1. The summed E-state index contributed by atoms with van der Waals surface area (Å²) in [7, 11) is 0. The topological polar surface area (TPSA) is 79.5 Å². The van der Waals surface area contributed by atoms with Crippen molar-refractivity contribution in [3.63, 3.8) is 0 Å². The molecule has 1 aliphatic rings. The number of aliphatic carboxylic acids is 1. The Bertz CT molecular complexity index is 621. The highest BCUT2D eigenvalue weighted by molar-refractivity contribution is 9.10. The van der Waals surface area contributed by atoms with Crippen molar-refractivity contribution < 1.29 is 9.90 Å². The van der Waals surface area contributed by atoms with Gasteiger partial charge in [-0.3, -0.25) is 4.79 Å². The SMILES string of the molecule is O=C(O)Cc1nc2ccc(NC3CC3)nn2c1Br. The van der Waals surface area contributed by atoms with Gasteiger partial charge in [0.1, 0.15) is 10.4 Å². The van der Waals surface area contributed by atoms with Gasteiger partial charge < -0.3 is 10.4 Å². The van der Waals surface area contributed by atoms with E-state index in [1.165, 1.54) is 12.8 Å². The van der Waals surface area contributed by atoms with Gasteiger partial charge in [0.2, 0.25) is 0 Å². The second-order valence-corrected chi connectivity index (χ2v) is 5.08. The molecule has 1 aliphatic carbocycles. The molecule has 0 aliphatic heterocycles. The molecule has 1 fully saturated rings. The largest absolute Gasteiger partial charge is 0.481 e. The molecule has 0 unspecified atom stereocenters. The van der Waals surface area contributed by atoms with Gasteiger partial charge in [0.15, 0.2) is 5.65 Å². The number of nitrogens with zero attached hydrogens (tertiary/aromatic N) is 3. The van der Waals surface area contributed by atoms with Gasteiger partial charge in [-0.2, -0.15) is 0 Å². The van der Waals surface area contributed by atoms with E-state index in [4.69, 9.17) is 5.11 Å². The Balaban J connectivity index is 1.98. The van der Waals surface area contributed by atoms with Crippen LogP contribution in [0.15, 0.2) is 16.7 Å². The summed E-state index contributed by atoms with van der Waals surface area (Å²) in [6.07, 6.45) is 2.24. The summed E-state index contributed by atoms with van der Waals surface area (Å²) in [5, 5.41) is 16.5. The van der Waals surface area contributed by atoms with Gasteiger partial charge in [0.25, 0.3) is 0 Å². The van der Waals surface area contributed by atoms with Crippen LogP contribution in [0.5, 0.6) is 0 Å². The fourth-order valence-electron chi connectivity index (χ4n) is 1.72. The van der Waals surface area contributed by atoms with Crippen LogP contribution >= 0.6 is 15.9 Å². The molecule has 0 aromatic carbocycles. The predicted octanol–water partition coefficient (Wildman–Crippen LogP) is 1.69. The van der Waals surface area contributed by atoms with E-state index >= 15 is 0 Å². The number of nitrogens with one attached hydrogen (secondary N) is 1. The molecule has 94 valence electrons. The molecule has 1 saturated carbocycles. The van der Waals surface area contributed by atoms with Gasteiger partial charge in [0, 0.05) is 6.04 Å². The molecule has 2 aromatic rings. The lowest BCUT2D eigenvalue weighted by molar-refractivity contribution is -0.136. The molecule has 0 amide bonds. The minimum atomic E-state index is -0.907. The molecule has 0 bridgehead atoms. The van der Waals surface area contributed by atoms with Crippen LogP contribution in [0.25, 0.3) is 5.65 Å². The lowest BCUT2D eigenvalue weighted by Crippen LogP contribution is -2.05. The lowest BCUT2D eigenvalue weighted by Gasteiger charge is -2.03. The summed E-state index contributed by atoms with van der Waals surface area (Å²) in [4.78, 5) is 14.9. The summed E-state index contributed by atoms with van der Waals surface area (Å²) < 4.78 is 2.21. The molecular formula is C11H11BrN4O2. The Morgan fingerprint density at radius 1 is 1.56 bits per heavy atom. The number of hydrogen-bond acceptors (Lipinski definition) is 4. The van der Waals surface area contributed by atoms with Crippen molar-refractivity contribution in [3.8, 4) is 0 Å². The van der Waals surface area contributed by atoms with Crippen LogP contribution < -0.4 is 5.32 Å². The molecule has 2 heterocycles. The highest BCUT2D eigenvalue weighted by Gasteiger charge is 2.22. The van der Waals surface area contributed by atoms with E-state index in [1.54, 1.807) is 4.52 Å². The quantitative estimate of drug-likeness (QED) is 0.898. The standard InChI is InChI=1S/C11H11BrN4O2/c12-11-7(5-10(17)18)14-9-4-3-8(15-16(9)11)13-6-1-2-6/h3-4,6H,1-2,5H2,(H,13,15)(H,17,18). The van der Waals surface area contributed by atoms with Gasteiger partial charge >= 0.3 is 5.97 Å². The second kappa shape index (κ2) is 4.24. The monoisotopic (exact) mass is 310 g/mol. The van der Waals surface area contributed by atoms with Gasteiger partial charge in [-0.1, -0.05) is 0 Å². The third kappa shape index (κ3) is 2.17. The Labute approximate surface area is 111 Å². The molecule has 3 rings (SSSR count). The summed E-state index contributed by atoms with van der Waals surface area (Å²) >= 11 is 3.34. The first-order valence-electron chi connectivity index (χ1n) is 5.66. The highest BCUT2D eigenvalue weighted by Crippen LogP contribution is 2.25. The van der Waals surface area contributed by atoms with Crippen LogP contribution in [-0.2, 0) is 11.2 Å². The van der Waals surface area contributed by atoms with Crippen LogP contribution in [0.2, 0.25) is 0 Å². The number of anilines is 1. The van der Waals surface area contributed by atoms with E-state index in [-0.39, 0.29) is 6.42 Å². The number of aromatic nitrogens is 3. The Morgan fingerprint density at radius 3 is 3.00 bits per heavy atom. The smallest absolute Gasteiger partial charge is 0.309 e. The van der Waals surface area contributed by atoms with Crippen LogP contribution in [0, 0.1) is 0 Å². The first-order chi connectivity index (χ1) is 8.63. The molecule has 2 aromatic heterocycles. The van der Waals surface area contributed by atoms with Crippen molar-refractivity contribution in [2.45, 2.75) is 25.3 Å². The number of rotatable bonds is 4. The molecule has 6 nitrogen and oxygen atoms in total. The molecule has 0 spiro atoms. The molecular weight excluding hydrogens is 300 g/mol. The average Bonchev–Trinajstić information content (AvgIpc) is 3.07. The summed E-state index contributed by atoms with van der Waals surface area (Å²) in [6, 6.07) is 4.21. The van der Waals surface area contributed by atoms with Crippen molar-refractivity contribution in [3.05, 3.63) is 22.4 Å². The highest BCUT2D eigenvalue weighted by atomic mass is 79.9. The van der Waals surface area contributed by atoms with E-state index in [0.717, 1.165) is 5.82 Å². The third-order valence-corrected chi connectivity index (χ3v) is 3.53. The number of halogens is 1. The van der Waals surface area contributed by atoms with Crippen molar-refractivity contribution >= 4 is 33.4 Å². The van der Waals surface area contributed by atoms with E-state index in [1.807, 2.05) is 12.1 Å². The zero-order chi connectivity index (χ0) is 12.7.